The Kier molecular flexibility index (Phi) is 20.7. The molecule has 224 valence electrons. The summed E-state index contributed by atoms with van der Waals surface area (Å²) in [5.41, 5.74) is 0. The van der Waals surface area contributed by atoms with Crippen molar-refractivity contribution in [2.75, 3.05) is 52.5 Å². The minimum absolute atomic E-state index is 0.0792. The Morgan fingerprint density at radius 3 is 2.03 bits per heavy atom. The van der Waals surface area contributed by atoms with Gasteiger partial charge in [0.1, 0.15) is 0 Å². The molecule has 1 aliphatic carbocycles. The molecule has 0 aliphatic heterocycles. The van der Waals surface area contributed by atoms with E-state index in [0.29, 0.717) is 37.3 Å². The normalized spacial score (nSPS) is 15.0. The number of aliphatic hydroxyl groups is 1. The van der Waals surface area contributed by atoms with E-state index in [-0.39, 0.29) is 18.5 Å². The summed E-state index contributed by atoms with van der Waals surface area (Å²) in [6, 6.07) is 0.612. The molecule has 0 saturated heterocycles. The van der Waals surface area contributed by atoms with Gasteiger partial charge < -0.3 is 20.1 Å². The molecule has 2 N–H and O–H groups in total. The summed E-state index contributed by atoms with van der Waals surface area (Å²) in [6.07, 6.45) is 15.3. The van der Waals surface area contributed by atoms with Crippen LogP contribution in [0.3, 0.4) is 0 Å². The molecule has 1 amide bonds. The number of nitrogens with one attached hydrogen (secondary N) is 1. The molecular formula is C31H61N3O4. The van der Waals surface area contributed by atoms with E-state index in [1.165, 1.54) is 38.5 Å². The largest absolute Gasteiger partial charge is 0.466 e. The van der Waals surface area contributed by atoms with Crippen LogP contribution in [0.15, 0.2) is 0 Å². The summed E-state index contributed by atoms with van der Waals surface area (Å²) in [6.45, 7) is 14.7. The predicted octanol–water partition coefficient (Wildman–Crippen LogP) is 5.40. The zero-order chi connectivity index (χ0) is 28.0. The van der Waals surface area contributed by atoms with Crippen molar-refractivity contribution in [1.82, 2.24) is 15.1 Å². The molecule has 1 saturated carbocycles. The lowest BCUT2D eigenvalue weighted by molar-refractivity contribution is -0.144. The van der Waals surface area contributed by atoms with Crippen LogP contribution >= 0.6 is 0 Å². The summed E-state index contributed by atoms with van der Waals surface area (Å²) in [4.78, 5) is 28.7. The van der Waals surface area contributed by atoms with Gasteiger partial charge in [-0.1, -0.05) is 59.8 Å². The van der Waals surface area contributed by atoms with Gasteiger partial charge in [0.15, 0.2) is 0 Å². The zero-order valence-electron chi connectivity index (χ0n) is 25.4. The minimum Gasteiger partial charge on any atom is -0.466 e. The highest BCUT2D eigenvalue weighted by atomic mass is 16.5. The number of hydrogen-bond acceptors (Lipinski definition) is 6. The van der Waals surface area contributed by atoms with Gasteiger partial charge in [-0.3, -0.25) is 14.5 Å². The molecule has 0 spiro atoms. The fourth-order valence-corrected chi connectivity index (χ4v) is 5.33. The van der Waals surface area contributed by atoms with Crippen molar-refractivity contribution in [1.29, 1.82) is 0 Å². The highest BCUT2D eigenvalue weighted by Gasteiger charge is 2.20. The molecule has 1 rings (SSSR count). The standard InChI is InChI=1S/C31H61N3O4/c1-27(2)25-30(36)32-17-11-7-12-18-33(19-13-8-14-24-38-31(37)26-28(3)4)20-21-34(22-23-35)29-15-9-5-6-10-16-29/h27-29,35H,5-26H2,1-4H3,(H,32,36). The second kappa shape index (κ2) is 22.6. The number of hydrogen-bond donors (Lipinski definition) is 2. The van der Waals surface area contributed by atoms with Gasteiger partial charge in [-0.15, -0.1) is 0 Å². The highest BCUT2D eigenvalue weighted by Crippen LogP contribution is 2.22. The summed E-state index contributed by atoms with van der Waals surface area (Å²) in [5.74, 6) is 0.832. The smallest absolute Gasteiger partial charge is 0.306 e. The maximum absolute atomic E-state index is 11.9. The van der Waals surface area contributed by atoms with Crippen LogP contribution in [0.2, 0.25) is 0 Å². The zero-order valence-corrected chi connectivity index (χ0v) is 25.4. The maximum Gasteiger partial charge on any atom is 0.306 e. The number of esters is 1. The third-order valence-electron chi connectivity index (χ3n) is 7.46. The highest BCUT2D eigenvalue weighted by molar-refractivity contribution is 5.75. The SMILES string of the molecule is CC(C)CC(=O)NCCCCCN(CCCCCOC(=O)CC(C)C)CCN(CCO)C1CCCCCC1. The maximum atomic E-state index is 11.9. The molecule has 0 radical (unpaired) electrons. The molecule has 0 unspecified atom stereocenters. The first kappa shape index (κ1) is 34.8. The predicted molar refractivity (Wildman–Crippen MR) is 157 cm³/mol. The van der Waals surface area contributed by atoms with Crippen molar-refractivity contribution in [3.63, 3.8) is 0 Å². The van der Waals surface area contributed by atoms with Crippen LogP contribution in [0.5, 0.6) is 0 Å². The van der Waals surface area contributed by atoms with Crippen LogP contribution in [0.25, 0.3) is 0 Å². The van der Waals surface area contributed by atoms with E-state index in [2.05, 4.69) is 29.0 Å². The fourth-order valence-electron chi connectivity index (χ4n) is 5.33. The van der Waals surface area contributed by atoms with Crippen molar-refractivity contribution in [2.45, 2.75) is 124 Å². The molecule has 0 aromatic carbocycles. The second-order valence-electron chi connectivity index (χ2n) is 12.1. The minimum atomic E-state index is -0.0792. The Bertz CT molecular complexity index is 558. The van der Waals surface area contributed by atoms with Crippen molar-refractivity contribution in [3.8, 4) is 0 Å². The van der Waals surface area contributed by atoms with Crippen molar-refractivity contribution < 1.29 is 19.4 Å². The average Bonchev–Trinajstić information content (AvgIpc) is 3.14. The molecular weight excluding hydrogens is 478 g/mol. The first-order valence-electron chi connectivity index (χ1n) is 15.8. The van der Waals surface area contributed by atoms with Crippen molar-refractivity contribution in [2.24, 2.45) is 11.8 Å². The van der Waals surface area contributed by atoms with Gasteiger partial charge in [0.05, 0.1) is 13.2 Å². The molecule has 0 bridgehead atoms. The van der Waals surface area contributed by atoms with Gasteiger partial charge >= 0.3 is 5.97 Å². The van der Waals surface area contributed by atoms with Crippen molar-refractivity contribution >= 4 is 11.9 Å². The molecule has 0 atom stereocenters. The van der Waals surface area contributed by atoms with E-state index in [1.54, 1.807) is 0 Å². The van der Waals surface area contributed by atoms with Gasteiger partial charge in [0, 0.05) is 45.1 Å². The van der Waals surface area contributed by atoms with E-state index >= 15 is 0 Å². The Morgan fingerprint density at radius 2 is 1.42 bits per heavy atom. The summed E-state index contributed by atoms with van der Waals surface area (Å²) in [7, 11) is 0. The Hall–Kier alpha value is -1.18. The molecule has 0 heterocycles. The van der Waals surface area contributed by atoms with Gasteiger partial charge in [0.25, 0.3) is 0 Å². The fraction of sp³-hybridized carbons (Fsp3) is 0.935. The van der Waals surface area contributed by atoms with Crippen LogP contribution in [-0.4, -0.2) is 85.3 Å². The number of carbonyl (C=O) groups excluding carboxylic acids is 2. The first-order valence-corrected chi connectivity index (χ1v) is 15.8. The van der Waals surface area contributed by atoms with E-state index < -0.39 is 0 Å². The van der Waals surface area contributed by atoms with Crippen LogP contribution in [0.4, 0.5) is 0 Å². The number of nitrogens with zero attached hydrogens (tertiary/aromatic N) is 2. The lowest BCUT2D eigenvalue weighted by Crippen LogP contribution is -2.43. The second-order valence-corrected chi connectivity index (χ2v) is 12.1. The number of ether oxygens (including phenoxy) is 1. The van der Waals surface area contributed by atoms with Crippen molar-refractivity contribution in [3.05, 3.63) is 0 Å². The summed E-state index contributed by atoms with van der Waals surface area (Å²) < 4.78 is 5.37. The molecule has 38 heavy (non-hydrogen) atoms. The number of carbonyl (C=O) groups is 2. The average molecular weight is 540 g/mol. The van der Waals surface area contributed by atoms with Crippen LogP contribution < -0.4 is 5.32 Å². The Morgan fingerprint density at radius 1 is 0.789 bits per heavy atom. The Balaban J connectivity index is 2.44. The van der Waals surface area contributed by atoms with Gasteiger partial charge in [-0.2, -0.15) is 0 Å². The monoisotopic (exact) mass is 539 g/mol. The lowest BCUT2D eigenvalue weighted by Gasteiger charge is -2.33. The molecule has 1 fully saturated rings. The summed E-state index contributed by atoms with van der Waals surface area (Å²) in [5, 5.41) is 12.8. The van der Waals surface area contributed by atoms with E-state index in [1.807, 2.05) is 13.8 Å². The number of unbranched alkanes of at least 4 members (excludes halogenated alkanes) is 4. The van der Waals surface area contributed by atoms with Gasteiger partial charge in [0.2, 0.25) is 5.91 Å². The Labute approximate surface area is 234 Å². The molecule has 7 nitrogen and oxygen atoms in total. The third-order valence-corrected chi connectivity index (χ3v) is 7.46. The topological polar surface area (TPSA) is 82.1 Å². The number of rotatable bonds is 22. The van der Waals surface area contributed by atoms with E-state index in [4.69, 9.17) is 4.74 Å². The molecule has 7 heteroatoms. The molecule has 0 aromatic rings. The molecule has 0 aromatic heterocycles. The van der Waals surface area contributed by atoms with Crippen LogP contribution in [-0.2, 0) is 14.3 Å². The van der Waals surface area contributed by atoms with Gasteiger partial charge in [-0.25, -0.2) is 0 Å². The van der Waals surface area contributed by atoms with Crippen LogP contribution in [0, 0.1) is 11.8 Å². The van der Waals surface area contributed by atoms with E-state index in [0.717, 1.165) is 77.8 Å². The molecule has 1 aliphatic rings. The quantitative estimate of drug-likeness (QED) is 0.109. The van der Waals surface area contributed by atoms with Crippen LogP contribution in [0.1, 0.15) is 118 Å². The summed E-state index contributed by atoms with van der Waals surface area (Å²) >= 11 is 0. The third kappa shape index (κ3) is 19.0. The van der Waals surface area contributed by atoms with E-state index in [9.17, 15) is 14.7 Å². The number of amides is 1. The lowest BCUT2D eigenvalue weighted by atomic mass is 10.1. The first-order chi connectivity index (χ1) is 18.3. The number of aliphatic hydroxyl groups excluding tert-OH is 1. The van der Waals surface area contributed by atoms with Gasteiger partial charge in [-0.05, 0) is 69.9 Å².